The SMILES string of the molecule is COc1cccc(C=[NH+]NC(=S)Nc2ccccc2)c1OCc1ccccc1. The zero-order valence-electron chi connectivity index (χ0n) is 15.5. The Bertz CT molecular complexity index is 931. The molecule has 0 aliphatic carbocycles. The minimum Gasteiger partial charge on any atom is -0.493 e. The van der Waals surface area contributed by atoms with Crippen LogP contribution >= 0.6 is 12.2 Å². The van der Waals surface area contributed by atoms with Gasteiger partial charge in [0.1, 0.15) is 6.61 Å². The number of hydrazone groups is 1. The van der Waals surface area contributed by atoms with Gasteiger partial charge in [-0.05, 0) is 42.0 Å². The number of para-hydroxylation sites is 2. The summed E-state index contributed by atoms with van der Waals surface area (Å²) >= 11 is 5.29. The van der Waals surface area contributed by atoms with Crippen molar-refractivity contribution in [1.29, 1.82) is 0 Å². The molecule has 28 heavy (non-hydrogen) atoms. The third-order valence-corrected chi connectivity index (χ3v) is 4.10. The molecule has 0 saturated carbocycles. The second kappa shape index (κ2) is 10.1. The third-order valence-electron chi connectivity index (χ3n) is 3.90. The molecule has 0 aliphatic rings. The molecule has 0 atom stereocenters. The fraction of sp³-hybridized carbons (Fsp3) is 0.0909. The molecule has 3 N–H and O–H groups in total. The van der Waals surface area contributed by atoms with Gasteiger partial charge >= 0.3 is 0 Å². The summed E-state index contributed by atoms with van der Waals surface area (Å²) in [6.45, 7) is 0.448. The van der Waals surface area contributed by atoms with Gasteiger partial charge in [-0.3, -0.25) is 0 Å². The van der Waals surface area contributed by atoms with E-state index in [1.165, 1.54) is 0 Å². The number of hydrogen-bond donors (Lipinski definition) is 3. The zero-order chi connectivity index (χ0) is 19.6. The maximum absolute atomic E-state index is 6.03. The van der Waals surface area contributed by atoms with Crippen LogP contribution in [0.25, 0.3) is 0 Å². The van der Waals surface area contributed by atoms with E-state index in [0.717, 1.165) is 16.8 Å². The standard InChI is InChI=1S/C22H21N3O2S/c1-26-20-14-8-11-18(21(20)27-16-17-9-4-2-5-10-17)15-23-25-22(28)24-19-12-6-3-7-13-19/h2-15H,16H2,1H3,(H2,24,25,28)/p+1. The van der Waals surface area contributed by atoms with Crippen LogP contribution in [-0.4, -0.2) is 18.4 Å². The second-order valence-electron chi connectivity index (χ2n) is 5.89. The molecule has 0 radical (unpaired) electrons. The topological polar surface area (TPSA) is 56.5 Å². The average Bonchev–Trinajstić information content (AvgIpc) is 2.74. The van der Waals surface area contributed by atoms with Crippen LogP contribution in [0.1, 0.15) is 11.1 Å². The molecule has 0 saturated heterocycles. The Labute approximate surface area is 170 Å². The number of thiocarbonyl (C=S) groups is 1. The number of ether oxygens (including phenoxy) is 2. The highest BCUT2D eigenvalue weighted by atomic mass is 32.1. The third kappa shape index (κ3) is 5.56. The van der Waals surface area contributed by atoms with Gasteiger partial charge in [0.05, 0.1) is 12.7 Å². The molecule has 0 amide bonds. The van der Waals surface area contributed by atoms with Crippen molar-refractivity contribution in [3.63, 3.8) is 0 Å². The van der Waals surface area contributed by atoms with Gasteiger partial charge in [-0.15, -0.1) is 10.5 Å². The van der Waals surface area contributed by atoms with Gasteiger partial charge in [0.25, 0.3) is 0 Å². The quantitative estimate of drug-likeness (QED) is 0.328. The summed E-state index contributed by atoms with van der Waals surface area (Å²) < 4.78 is 11.5. The highest BCUT2D eigenvalue weighted by Gasteiger charge is 2.11. The van der Waals surface area contributed by atoms with Gasteiger partial charge in [-0.2, -0.15) is 0 Å². The summed E-state index contributed by atoms with van der Waals surface area (Å²) in [5, 5.41) is 6.55. The number of rotatable bonds is 7. The number of methoxy groups -OCH3 is 1. The van der Waals surface area contributed by atoms with Gasteiger partial charge < -0.3 is 14.8 Å². The van der Waals surface area contributed by atoms with E-state index in [4.69, 9.17) is 21.7 Å². The Morgan fingerprint density at radius 3 is 2.39 bits per heavy atom. The number of hydrazine groups is 1. The Morgan fingerprint density at radius 1 is 0.964 bits per heavy atom. The number of anilines is 1. The average molecular weight is 393 g/mol. The van der Waals surface area contributed by atoms with Crippen molar-refractivity contribution in [2.75, 3.05) is 12.4 Å². The van der Waals surface area contributed by atoms with Crippen LogP contribution in [-0.2, 0) is 6.61 Å². The monoisotopic (exact) mass is 392 g/mol. The summed E-state index contributed by atoms with van der Waals surface area (Å²) in [6.07, 6.45) is 1.78. The summed E-state index contributed by atoms with van der Waals surface area (Å²) in [6, 6.07) is 25.4. The minimum atomic E-state index is 0.448. The van der Waals surface area contributed by atoms with Crippen molar-refractivity contribution in [3.8, 4) is 11.5 Å². The molecule has 0 heterocycles. The first-order valence-corrected chi connectivity index (χ1v) is 9.21. The van der Waals surface area contributed by atoms with E-state index >= 15 is 0 Å². The molecule has 0 spiro atoms. The van der Waals surface area contributed by atoms with Crippen LogP contribution in [0.4, 0.5) is 5.69 Å². The summed E-state index contributed by atoms with van der Waals surface area (Å²) in [5.41, 5.74) is 5.77. The van der Waals surface area contributed by atoms with E-state index in [2.05, 4.69) is 15.8 Å². The molecular weight excluding hydrogens is 370 g/mol. The molecule has 0 bridgehead atoms. The molecule has 5 nitrogen and oxygen atoms in total. The van der Waals surface area contributed by atoms with Crippen LogP contribution < -0.4 is 25.3 Å². The van der Waals surface area contributed by atoms with Crippen molar-refractivity contribution in [1.82, 2.24) is 5.43 Å². The zero-order valence-corrected chi connectivity index (χ0v) is 16.3. The van der Waals surface area contributed by atoms with E-state index in [1.54, 1.807) is 13.3 Å². The lowest BCUT2D eigenvalue weighted by molar-refractivity contribution is -0.499. The molecule has 6 heteroatoms. The van der Waals surface area contributed by atoms with Crippen molar-refractivity contribution in [3.05, 3.63) is 90.0 Å². The summed E-state index contributed by atoms with van der Waals surface area (Å²) in [5.74, 6) is 1.32. The maximum atomic E-state index is 6.03. The lowest BCUT2D eigenvalue weighted by Crippen LogP contribution is -2.82. The molecule has 0 fully saturated rings. The van der Waals surface area contributed by atoms with Crippen LogP contribution in [0, 0.1) is 0 Å². The van der Waals surface area contributed by atoms with Gasteiger partial charge in [-0.25, -0.2) is 0 Å². The summed E-state index contributed by atoms with van der Waals surface area (Å²) in [7, 11) is 1.62. The largest absolute Gasteiger partial charge is 0.493 e. The first-order chi connectivity index (χ1) is 13.8. The summed E-state index contributed by atoms with van der Waals surface area (Å²) in [4.78, 5) is 0. The lowest BCUT2D eigenvalue weighted by Gasteiger charge is -2.12. The fourth-order valence-corrected chi connectivity index (χ4v) is 2.73. The molecular formula is C22H22N3O2S+. The molecule has 0 unspecified atom stereocenters. The van der Waals surface area contributed by atoms with Crippen LogP contribution in [0.15, 0.2) is 78.9 Å². The number of benzene rings is 3. The molecule has 3 aromatic rings. The Kier molecular flexibility index (Phi) is 6.98. The minimum absolute atomic E-state index is 0.448. The number of nitrogens with one attached hydrogen (secondary N) is 3. The van der Waals surface area contributed by atoms with E-state index in [9.17, 15) is 0 Å². The normalized spacial score (nSPS) is 10.5. The molecule has 3 rings (SSSR count). The highest BCUT2D eigenvalue weighted by Crippen LogP contribution is 2.30. The molecule has 0 aromatic heterocycles. The first-order valence-electron chi connectivity index (χ1n) is 8.81. The van der Waals surface area contributed by atoms with Crippen molar-refractivity contribution in [2.24, 2.45) is 0 Å². The van der Waals surface area contributed by atoms with Gasteiger partial charge in [0.2, 0.25) is 11.3 Å². The second-order valence-corrected chi connectivity index (χ2v) is 6.29. The van der Waals surface area contributed by atoms with E-state index in [0.29, 0.717) is 23.2 Å². The number of hydrogen-bond acceptors (Lipinski definition) is 3. The Hall–Kier alpha value is -3.38. The first kappa shape index (κ1) is 19.4. The van der Waals surface area contributed by atoms with Gasteiger partial charge in [0, 0.05) is 5.69 Å². The van der Waals surface area contributed by atoms with Crippen LogP contribution in [0.3, 0.4) is 0 Å². The maximum Gasteiger partial charge on any atom is 0.228 e. The van der Waals surface area contributed by atoms with Gasteiger partial charge in [0.15, 0.2) is 11.5 Å². The van der Waals surface area contributed by atoms with Crippen molar-refractivity contribution in [2.45, 2.75) is 6.61 Å². The van der Waals surface area contributed by atoms with E-state index < -0.39 is 0 Å². The fourth-order valence-electron chi connectivity index (χ4n) is 2.55. The van der Waals surface area contributed by atoms with Crippen molar-refractivity contribution < 1.29 is 14.6 Å². The predicted octanol–water partition coefficient (Wildman–Crippen LogP) is 2.68. The van der Waals surface area contributed by atoms with Gasteiger partial charge in [-0.1, -0.05) is 54.6 Å². The van der Waals surface area contributed by atoms with Crippen LogP contribution in [0.2, 0.25) is 0 Å². The van der Waals surface area contributed by atoms with Crippen molar-refractivity contribution >= 4 is 29.2 Å². The molecule has 142 valence electrons. The predicted molar refractivity (Wildman–Crippen MR) is 116 cm³/mol. The molecule has 0 aliphatic heterocycles. The van der Waals surface area contributed by atoms with E-state index in [1.807, 2.05) is 78.9 Å². The lowest BCUT2D eigenvalue weighted by atomic mass is 10.2. The van der Waals surface area contributed by atoms with Crippen LogP contribution in [0.5, 0.6) is 11.5 Å². The Morgan fingerprint density at radius 2 is 1.68 bits per heavy atom. The smallest absolute Gasteiger partial charge is 0.228 e. The highest BCUT2D eigenvalue weighted by molar-refractivity contribution is 7.80. The Balaban J connectivity index is 1.67. The molecule has 3 aromatic carbocycles. The van der Waals surface area contributed by atoms with E-state index in [-0.39, 0.29) is 0 Å².